The van der Waals surface area contributed by atoms with Crippen LogP contribution >= 0.6 is 0 Å². The summed E-state index contributed by atoms with van der Waals surface area (Å²) < 4.78 is 15.9. The van der Waals surface area contributed by atoms with Gasteiger partial charge in [0.25, 0.3) is 0 Å². The Morgan fingerprint density at radius 3 is 2.10 bits per heavy atom. The van der Waals surface area contributed by atoms with Crippen molar-refractivity contribution in [2.75, 3.05) is 21.3 Å². The molecular weight excluding hydrogens is 388 g/mol. The summed E-state index contributed by atoms with van der Waals surface area (Å²) >= 11 is 0. The van der Waals surface area contributed by atoms with Crippen LogP contribution in [-0.2, 0) is 9.59 Å². The molecule has 30 heavy (non-hydrogen) atoms. The highest BCUT2D eigenvalue weighted by Gasteiger charge is 2.33. The van der Waals surface area contributed by atoms with Crippen molar-refractivity contribution < 1.29 is 28.9 Å². The van der Waals surface area contributed by atoms with Gasteiger partial charge in [-0.05, 0) is 29.8 Å². The number of benzene rings is 2. The monoisotopic (exact) mass is 412 g/mol. The topological polar surface area (TPSA) is 97.7 Å². The number of aliphatic carboxylic acids is 1. The molecule has 0 saturated heterocycles. The zero-order valence-electron chi connectivity index (χ0n) is 17.1. The van der Waals surface area contributed by atoms with Crippen molar-refractivity contribution in [1.29, 1.82) is 0 Å². The lowest BCUT2D eigenvalue weighted by Gasteiger charge is -2.22. The molecule has 2 aromatic rings. The van der Waals surface area contributed by atoms with Gasteiger partial charge in [0, 0.05) is 24.5 Å². The molecule has 0 unspecified atom stereocenters. The first-order chi connectivity index (χ1) is 14.4. The molecule has 0 fully saturated rings. The van der Waals surface area contributed by atoms with Crippen LogP contribution in [0.1, 0.15) is 36.4 Å². The minimum absolute atomic E-state index is 0.125. The van der Waals surface area contributed by atoms with Gasteiger partial charge in [0.15, 0.2) is 0 Å². The summed E-state index contributed by atoms with van der Waals surface area (Å²) in [6.45, 7) is 0. The SMILES string of the molecule is COc1ccc([C@H]2CC(c3cc(OC)cc(OC)c3)=NN2C(=O)CCC(=O)O)cc1. The largest absolute Gasteiger partial charge is 0.497 e. The van der Waals surface area contributed by atoms with E-state index in [1.54, 1.807) is 27.4 Å². The van der Waals surface area contributed by atoms with Crippen molar-refractivity contribution in [2.45, 2.75) is 25.3 Å². The Morgan fingerprint density at radius 1 is 0.967 bits per heavy atom. The number of carboxylic acids is 1. The van der Waals surface area contributed by atoms with Gasteiger partial charge in [-0.15, -0.1) is 0 Å². The number of carbonyl (C=O) groups is 2. The number of hydrazone groups is 1. The Balaban J connectivity index is 1.95. The third-order valence-corrected chi connectivity index (χ3v) is 4.90. The van der Waals surface area contributed by atoms with Crippen molar-refractivity contribution in [3.05, 3.63) is 53.6 Å². The zero-order chi connectivity index (χ0) is 21.7. The van der Waals surface area contributed by atoms with Gasteiger partial charge in [-0.3, -0.25) is 9.59 Å². The van der Waals surface area contributed by atoms with E-state index in [4.69, 9.17) is 19.3 Å². The molecule has 3 rings (SSSR count). The van der Waals surface area contributed by atoms with Crippen molar-refractivity contribution in [3.63, 3.8) is 0 Å². The average Bonchev–Trinajstić information content (AvgIpc) is 3.22. The second-order valence-corrected chi connectivity index (χ2v) is 6.77. The third kappa shape index (κ3) is 4.71. The first-order valence-corrected chi connectivity index (χ1v) is 9.44. The summed E-state index contributed by atoms with van der Waals surface area (Å²) in [5.74, 6) is 0.569. The van der Waals surface area contributed by atoms with Gasteiger partial charge in [0.2, 0.25) is 5.91 Å². The molecule has 0 radical (unpaired) electrons. The van der Waals surface area contributed by atoms with E-state index in [9.17, 15) is 9.59 Å². The summed E-state index contributed by atoms with van der Waals surface area (Å²) in [7, 11) is 4.72. The maximum atomic E-state index is 12.8. The first kappa shape index (κ1) is 21.2. The van der Waals surface area contributed by atoms with Crippen LogP contribution < -0.4 is 14.2 Å². The van der Waals surface area contributed by atoms with Crippen LogP contribution in [0.25, 0.3) is 0 Å². The normalized spacial score (nSPS) is 15.5. The van der Waals surface area contributed by atoms with Crippen LogP contribution in [0.2, 0.25) is 0 Å². The minimum atomic E-state index is -1.02. The van der Waals surface area contributed by atoms with Crippen LogP contribution in [0.15, 0.2) is 47.6 Å². The molecule has 0 aromatic heterocycles. The molecule has 1 amide bonds. The fourth-order valence-electron chi connectivity index (χ4n) is 3.30. The Labute approximate surface area is 174 Å². The van der Waals surface area contributed by atoms with E-state index < -0.39 is 5.97 Å². The quantitative estimate of drug-likeness (QED) is 0.715. The smallest absolute Gasteiger partial charge is 0.303 e. The van der Waals surface area contributed by atoms with Crippen LogP contribution in [0.4, 0.5) is 0 Å². The number of carbonyl (C=O) groups excluding carboxylic acids is 1. The van der Waals surface area contributed by atoms with Crippen LogP contribution in [-0.4, -0.2) is 49.0 Å². The van der Waals surface area contributed by atoms with Gasteiger partial charge in [-0.1, -0.05) is 12.1 Å². The Hall–Kier alpha value is -3.55. The van der Waals surface area contributed by atoms with Gasteiger partial charge in [0.1, 0.15) is 17.2 Å². The Bertz CT molecular complexity index is 932. The summed E-state index contributed by atoms with van der Waals surface area (Å²) in [6, 6.07) is 12.5. The molecule has 2 aromatic carbocycles. The number of hydrogen-bond donors (Lipinski definition) is 1. The van der Waals surface area contributed by atoms with Gasteiger partial charge in [-0.25, -0.2) is 5.01 Å². The number of hydrogen-bond acceptors (Lipinski definition) is 6. The number of carboxylic acid groups (broad SMARTS) is 1. The highest BCUT2D eigenvalue weighted by atomic mass is 16.5. The van der Waals surface area contributed by atoms with Crippen LogP contribution in [0.3, 0.4) is 0 Å². The van der Waals surface area contributed by atoms with Crippen molar-refractivity contribution in [2.24, 2.45) is 5.10 Å². The molecule has 1 aliphatic heterocycles. The molecule has 8 nitrogen and oxygen atoms in total. The molecule has 158 valence electrons. The van der Waals surface area contributed by atoms with E-state index in [1.165, 1.54) is 5.01 Å². The highest BCUT2D eigenvalue weighted by molar-refractivity contribution is 6.03. The summed E-state index contributed by atoms with van der Waals surface area (Å²) in [5.41, 5.74) is 2.35. The minimum Gasteiger partial charge on any atom is -0.497 e. The zero-order valence-corrected chi connectivity index (χ0v) is 17.1. The molecule has 1 aliphatic rings. The second-order valence-electron chi connectivity index (χ2n) is 6.77. The molecule has 0 spiro atoms. The maximum absolute atomic E-state index is 12.8. The molecule has 1 N–H and O–H groups in total. The van der Waals surface area contributed by atoms with E-state index in [-0.39, 0.29) is 24.8 Å². The van der Waals surface area contributed by atoms with Gasteiger partial charge in [-0.2, -0.15) is 5.10 Å². The van der Waals surface area contributed by atoms with Crippen molar-refractivity contribution in [3.8, 4) is 17.2 Å². The second kappa shape index (κ2) is 9.30. The highest BCUT2D eigenvalue weighted by Crippen LogP contribution is 2.35. The first-order valence-electron chi connectivity index (χ1n) is 9.44. The van der Waals surface area contributed by atoms with E-state index in [0.29, 0.717) is 29.4 Å². The Kier molecular flexibility index (Phi) is 6.56. The lowest BCUT2D eigenvalue weighted by Crippen LogP contribution is -2.27. The van der Waals surface area contributed by atoms with Crippen molar-refractivity contribution >= 4 is 17.6 Å². The number of rotatable bonds is 8. The van der Waals surface area contributed by atoms with E-state index in [1.807, 2.05) is 36.4 Å². The summed E-state index contributed by atoms with van der Waals surface area (Å²) in [4.78, 5) is 23.7. The number of nitrogens with zero attached hydrogens (tertiary/aromatic N) is 2. The molecule has 8 heteroatoms. The van der Waals surface area contributed by atoms with Crippen molar-refractivity contribution in [1.82, 2.24) is 5.01 Å². The van der Waals surface area contributed by atoms with E-state index in [2.05, 4.69) is 5.10 Å². The van der Waals surface area contributed by atoms with Gasteiger partial charge >= 0.3 is 5.97 Å². The van der Waals surface area contributed by atoms with E-state index in [0.717, 1.165) is 11.1 Å². The molecule has 1 heterocycles. The fraction of sp³-hybridized carbons (Fsp3) is 0.318. The summed E-state index contributed by atoms with van der Waals surface area (Å²) in [6.07, 6.45) is 0.101. The molecule has 1 atom stereocenters. The molecule has 0 aliphatic carbocycles. The lowest BCUT2D eigenvalue weighted by atomic mass is 9.98. The van der Waals surface area contributed by atoms with Crippen LogP contribution in [0, 0.1) is 0 Å². The Morgan fingerprint density at radius 2 is 1.57 bits per heavy atom. The lowest BCUT2D eigenvalue weighted by molar-refractivity contribution is -0.141. The number of amides is 1. The predicted octanol–water partition coefficient (Wildman–Crippen LogP) is 3.25. The molecule has 0 bridgehead atoms. The van der Waals surface area contributed by atoms with Crippen LogP contribution in [0.5, 0.6) is 17.2 Å². The number of ether oxygens (including phenoxy) is 3. The average molecular weight is 412 g/mol. The number of methoxy groups -OCH3 is 3. The van der Waals surface area contributed by atoms with E-state index >= 15 is 0 Å². The standard InChI is InChI=1S/C22H24N2O6/c1-28-16-6-4-14(5-7-16)20-13-19(23-24(20)21(25)8-9-22(26)27)15-10-17(29-2)12-18(11-15)30-3/h4-7,10-12,20H,8-9,13H2,1-3H3,(H,26,27)/t20-/m1/s1. The third-order valence-electron chi connectivity index (χ3n) is 4.90. The predicted molar refractivity (Wildman–Crippen MR) is 110 cm³/mol. The maximum Gasteiger partial charge on any atom is 0.303 e. The van der Waals surface area contributed by atoms with Gasteiger partial charge in [0.05, 0.1) is 39.5 Å². The van der Waals surface area contributed by atoms with Gasteiger partial charge < -0.3 is 19.3 Å². The molecular formula is C22H24N2O6. The molecule has 0 saturated carbocycles. The summed E-state index contributed by atoms with van der Waals surface area (Å²) in [5, 5.41) is 14.9. The fourth-order valence-corrected chi connectivity index (χ4v) is 3.30.